The molecular weight excluding hydrogens is 314 g/mol. The van der Waals surface area contributed by atoms with Crippen molar-refractivity contribution in [1.29, 1.82) is 0 Å². The number of rotatable bonds is 4. The van der Waals surface area contributed by atoms with Gasteiger partial charge in [0.2, 0.25) is 5.71 Å². The molecule has 0 aliphatic rings. The van der Waals surface area contributed by atoms with Crippen LogP contribution in [0.1, 0.15) is 12.6 Å². The highest BCUT2D eigenvalue weighted by Crippen LogP contribution is 2.13. The van der Waals surface area contributed by atoms with Gasteiger partial charge in [0.1, 0.15) is 18.5 Å². The van der Waals surface area contributed by atoms with Crippen LogP contribution in [0.4, 0.5) is 0 Å². The summed E-state index contributed by atoms with van der Waals surface area (Å²) in [4.78, 5) is 20.8. The third-order valence-corrected chi connectivity index (χ3v) is 2.78. The Morgan fingerprint density at radius 2 is 2.26 bits per heavy atom. The minimum Gasteiger partial charge on any atom is -0.461 e. The SMILES string of the molecule is CCOC(=O)C(=NOC)c1cn2cc(Br)ccc2n1. The summed E-state index contributed by atoms with van der Waals surface area (Å²) in [5.74, 6) is -0.563. The molecule has 0 N–H and O–H groups in total. The second kappa shape index (κ2) is 5.83. The summed E-state index contributed by atoms with van der Waals surface area (Å²) in [7, 11) is 1.37. The number of hydrogen-bond acceptors (Lipinski definition) is 5. The maximum absolute atomic E-state index is 11.8. The molecule has 0 saturated heterocycles. The second-order valence-corrected chi connectivity index (χ2v) is 4.50. The molecule has 19 heavy (non-hydrogen) atoms. The quantitative estimate of drug-likeness (QED) is 0.490. The molecule has 0 bridgehead atoms. The van der Waals surface area contributed by atoms with Gasteiger partial charge in [-0.15, -0.1) is 0 Å². The van der Waals surface area contributed by atoms with Gasteiger partial charge in [0.25, 0.3) is 0 Å². The van der Waals surface area contributed by atoms with E-state index in [0.29, 0.717) is 11.3 Å². The molecule has 100 valence electrons. The molecule has 0 fully saturated rings. The lowest BCUT2D eigenvalue weighted by atomic mass is 10.3. The van der Waals surface area contributed by atoms with Crippen molar-refractivity contribution in [3.05, 3.63) is 34.7 Å². The third kappa shape index (κ3) is 2.93. The van der Waals surface area contributed by atoms with Crippen LogP contribution in [0, 0.1) is 0 Å². The number of pyridine rings is 1. The molecule has 6 nitrogen and oxygen atoms in total. The van der Waals surface area contributed by atoms with E-state index in [2.05, 4.69) is 30.9 Å². The molecule has 0 aromatic carbocycles. The highest BCUT2D eigenvalue weighted by molar-refractivity contribution is 9.10. The van der Waals surface area contributed by atoms with E-state index in [9.17, 15) is 4.79 Å². The Kier molecular flexibility index (Phi) is 4.16. The number of carbonyl (C=O) groups excluding carboxylic acids is 1. The fourth-order valence-electron chi connectivity index (χ4n) is 1.56. The summed E-state index contributed by atoms with van der Waals surface area (Å²) in [5.41, 5.74) is 1.15. The van der Waals surface area contributed by atoms with Crippen LogP contribution in [0.5, 0.6) is 0 Å². The Hall–Kier alpha value is -1.89. The molecule has 2 aromatic rings. The minimum atomic E-state index is -0.563. The smallest absolute Gasteiger partial charge is 0.362 e. The molecular formula is C12H12BrN3O3. The van der Waals surface area contributed by atoms with Crippen molar-refractivity contribution in [3.8, 4) is 0 Å². The first-order chi connectivity index (χ1) is 9.15. The van der Waals surface area contributed by atoms with Gasteiger partial charge in [0.15, 0.2) is 0 Å². The zero-order valence-electron chi connectivity index (χ0n) is 10.5. The van der Waals surface area contributed by atoms with E-state index in [1.807, 2.05) is 18.3 Å². The van der Waals surface area contributed by atoms with Crippen molar-refractivity contribution in [2.24, 2.45) is 5.16 Å². The van der Waals surface area contributed by atoms with E-state index in [4.69, 9.17) is 4.74 Å². The Balaban J connectivity index is 2.45. The van der Waals surface area contributed by atoms with E-state index in [1.54, 1.807) is 17.5 Å². The fourth-order valence-corrected chi connectivity index (χ4v) is 1.91. The molecule has 0 spiro atoms. The molecule has 0 amide bonds. The van der Waals surface area contributed by atoms with Crippen LogP contribution >= 0.6 is 15.9 Å². The molecule has 0 saturated carbocycles. The average molecular weight is 326 g/mol. The van der Waals surface area contributed by atoms with Crippen molar-refractivity contribution in [3.63, 3.8) is 0 Å². The summed E-state index contributed by atoms with van der Waals surface area (Å²) in [6, 6.07) is 3.69. The molecule has 0 aliphatic carbocycles. The topological polar surface area (TPSA) is 65.2 Å². The second-order valence-electron chi connectivity index (χ2n) is 3.58. The Morgan fingerprint density at radius 1 is 1.47 bits per heavy atom. The number of hydrogen-bond donors (Lipinski definition) is 0. The molecule has 0 atom stereocenters. The summed E-state index contributed by atoms with van der Waals surface area (Å²) in [5, 5.41) is 3.69. The molecule has 7 heteroatoms. The highest BCUT2D eigenvalue weighted by Gasteiger charge is 2.19. The lowest BCUT2D eigenvalue weighted by Gasteiger charge is -2.01. The van der Waals surface area contributed by atoms with E-state index in [-0.39, 0.29) is 12.3 Å². The zero-order chi connectivity index (χ0) is 13.8. The summed E-state index contributed by atoms with van der Waals surface area (Å²) in [6.07, 6.45) is 3.52. The van der Waals surface area contributed by atoms with Gasteiger partial charge in [-0.2, -0.15) is 0 Å². The molecule has 2 rings (SSSR count). The molecule has 0 radical (unpaired) electrons. The van der Waals surface area contributed by atoms with Crippen molar-refractivity contribution >= 4 is 33.3 Å². The Bertz CT molecular complexity index is 636. The maximum atomic E-state index is 11.8. The predicted octanol–water partition coefficient (Wildman–Crippen LogP) is 2.01. The Morgan fingerprint density at radius 3 is 2.95 bits per heavy atom. The van der Waals surface area contributed by atoms with E-state index < -0.39 is 5.97 Å². The number of carbonyl (C=O) groups is 1. The first kappa shape index (κ1) is 13.5. The third-order valence-electron chi connectivity index (χ3n) is 2.31. The van der Waals surface area contributed by atoms with Crippen LogP contribution < -0.4 is 0 Å². The number of aromatic nitrogens is 2. The normalized spacial score (nSPS) is 11.6. The first-order valence-corrected chi connectivity index (χ1v) is 6.38. The van der Waals surface area contributed by atoms with Crippen LogP contribution in [0.25, 0.3) is 5.65 Å². The number of fused-ring (bicyclic) bond motifs is 1. The van der Waals surface area contributed by atoms with Crippen molar-refractivity contribution in [2.75, 3.05) is 13.7 Å². The predicted molar refractivity (Wildman–Crippen MR) is 73.1 cm³/mol. The summed E-state index contributed by atoms with van der Waals surface area (Å²) < 4.78 is 7.61. The number of halogens is 1. The monoisotopic (exact) mass is 325 g/mol. The Labute approximate surface area is 118 Å². The van der Waals surface area contributed by atoms with Crippen LogP contribution in [-0.2, 0) is 14.4 Å². The van der Waals surface area contributed by atoms with Gasteiger partial charge in [0.05, 0.1) is 6.61 Å². The minimum absolute atomic E-state index is 0.0455. The van der Waals surface area contributed by atoms with Crippen LogP contribution in [0.3, 0.4) is 0 Å². The lowest BCUT2D eigenvalue weighted by molar-refractivity contribution is -0.135. The van der Waals surface area contributed by atoms with Gasteiger partial charge < -0.3 is 14.0 Å². The fraction of sp³-hybridized carbons (Fsp3) is 0.250. The number of nitrogens with zero attached hydrogens (tertiary/aromatic N) is 3. The largest absolute Gasteiger partial charge is 0.461 e. The molecule has 0 aliphatic heterocycles. The van der Waals surface area contributed by atoms with Crippen LogP contribution in [0.15, 0.2) is 34.2 Å². The first-order valence-electron chi connectivity index (χ1n) is 5.58. The number of oxime groups is 1. The van der Waals surface area contributed by atoms with Gasteiger partial charge >= 0.3 is 5.97 Å². The number of ether oxygens (including phenoxy) is 1. The van der Waals surface area contributed by atoms with Gasteiger partial charge in [-0.25, -0.2) is 9.78 Å². The lowest BCUT2D eigenvalue weighted by Crippen LogP contribution is -2.19. The maximum Gasteiger partial charge on any atom is 0.362 e. The van der Waals surface area contributed by atoms with E-state index in [1.165, 1.54) is 7.11 Å². The van der Waals surface area contributed by atoms with Gasteiger partial charge in [0, 0.05) is 16.9 Å². The highest BCUT2D eigenvalue weighted by atomic mass is 79.9. The van der Waals surface area contributed by atoms with Gasteiger partial charge in [-0.05, 0) is 35.0 Å². The number of imidazole rings is 1. The molecule has 0 unspecified atom stereocenters. The zero-order valence-corrected chi connectivity index (χ0v) is 12.0. The number of esters is 1. The average Bonchev–Trinajstić information content (AvgIpc) is 2.78. The van der Waals surface area contributed by atoms with Crippen LogP contribution in [-0.4, -0.2) is 34.8 Å². The van der Waals surface area contributed by atoms with Crippen molar-refractivity contribution < 1.29 is 14.4 Å². The van der Waals surface area contributed by atoms with Gasteiger partial charge in [-0.3, -0.25) is 0 Å². The van der Waals surface area contributed by atoms with E-state index in [0.717, 1.165) is 4.47 Å². The van der Waals surface area contributed by atoms with Crippen LogP contribution in [0.2, 0.25) is 0 Å². The summed E-state index contributed by atoms with van der Waals surface area (Å²) >= 11 is 3.37. The van der Waals surface area contributed by atoms with Gasteiger partial charge in [-0.1, -0.05) is 5.16 Å². The van der Waals surface area contributed by atoms with E-state index >= 15 is 0 Å². The van der Waals surface area contributed by atoms with Crippen molar-refractivity contribution in [2.45, 2.75) is 6.92 Å². The molecule has 2 aromatic heterocycles. The standard InChI is InChI=1S/C12H12BrN3O3/c1-3-19-12(17)11(15-18-2)9-7-16-6-8(13)4-5-10(16)14-9/h4-7H,3H2,1-2H3. The summed E-state index contributed by atoms with van der Waals surface area (Å²) in [6.45, 7) is 1.99. The molecule has 2 heterocycles. The van der Waals surface area contributed by atoms with Crippen molar-refractivity contribution in [1.82, 2.24) is 9.38 Å².